The fraction of sp³-hybridized carbons (Fsp3) is 0.350. The van der Waals surface area contributed by atoms with Gasteiger partial charge in [0.25, 0.3) is 0 Å². The highest BCUT2D eigenvalue weighted by atomic mass is 79.9. The van der Waals surface area contributed by atoms with Gasteiger partial charge in [0.15, 0.2) is 11.5 Å². The number of para-hydroxylation sites is 1. The minimum Gasteiger partial charge on any atom is -0.493 e. The van der Waals surface area contributed by atoms with Gasteiger partial charge in [0.2, 0.25) is 5.91 Å². The summed E-state index contributed by atoms with van der Waals surface area (Å²) in [7, 11) is 3.15. The Hall–Kier alpha value is -2.28. The van der Waals surface area contributed by atoms with E-state index in [9.17, 15) is 9.18 Å². The molecule has 1 aliphatic rings. The lowest BCUT2D eigenvalue weighted by Crippen LogP contribution is -2.32. The molecule has 7 heteroatoms. The van der Waals surface area contributed by atoms with Crippen molar-refractivity contribution < 1.29 is 18.7 Å². The van der Waals surface area contributed by atoms with Gasteiger partial charge in [-0.05, 0) is 36.2 Å². The van der Waals surface area contributed by atoms with E-state index in [-0.39, 0.29) is 17.6 Å². The van der Waals surface area contributed by atoms with Crippen molar-refractivity contribution in [3.63, 3.8) is 0 Å². The maximum atomic E-state index is 13.9. The van der Waals surface area contributed by atoms with Crippen molar-refractivity contribution in [3.8, 4) is 11.5 Å². The Morgan fingerprint density at radius 2 is 1.96 bits per heavy atom. The van der Waals surface area contributed by atoms with Gasteiger partial charge >= 0.3 is 0 Å². The first-order valence-electron chi connectivity index (χ1n) is 8.71. The summed E-state index contributed by atoms with van der Waals surface area (Å²) in [6.07, 6.45) is 0.702. The number of hydrogen-bond donors (Lipinski definition) is 1. The number of benzene rings is 2. The van der Waals surface area contributed by atoms with Crippen LogP contribution in [0.4, 0.5) is 10.1 Å². The second kappa shape index (κ2) is 8.61. The van der Waals surface area contributed by atoms with E-state index in [2.05, 4.69) is 21.2 Å². The molecule has 1 saturated heterocycles. The third-order valence-electron chi connectivity index (χ3n) is 4.76. The van der Waals surface area contributed by atoms with E-state index in [0.29, 0.717) is 43.2 Å². The van der Waals surface area contributed by atoms with E-state index in [1.165, 1.54) is 6.07 Å². The first-order valence-corrected chi connectivity index (χ1v) is 9.50. The predicted molar refractivity (Wildman–Crippen MR) is 106 cm³/mol. The van der Waals surface area contributed by atoms with Gasteiger partial charge in [-0.25, -0.2) is 4.39 Å². The summed E-state index contributed by atoms with van der Waals surface area (Å²) in [6, 6.07) is 10.3. The number of hydrogen-bond acceptors (Lipinski definition) is 4. The van der Waals surface area contributed by atoms with Crippen molar-refractivity contribution in [2.75, 3.05) is 32.2 Å². The minimum atomic E-state index is -0.257. The molecule has 0 radical (unpaired) electrons. The minimum absolute atomic E-state index is 0.0319. The van der Waals surface area contributed by atoms with Gasteiger partial charge in [0.1, 0.15) is 5.82 Å². The zero-order valence-corrected chi connectivity index (χ0v) is 16.9. The molecule has 1 N–H and O–H groups in total. The van der Waals surface area contributed by atoms with Crippen LogP contribution in [0, 0.1) is 11.7 Å². The maximum absolute atomic E-state index is 13.9. The Morgan fingerprint density at radius 3 is 2.67 bits per heavy atom. The van der Waals surface area contributed by atoms with Crippen molar-refractivity contribution >= 4 is 27.5 Å². The second-order valence-corrected chi connectivity index (χ2v) is 7.25. The van der Waals surface area contributed by atoms with Gasteiger partial charge in [0.05, 0.1) is 25.8 Å². The number of carbonyl (C=O) groups is 1. The summed E-state index contributed by atoms with van der Waals surface area (Å²) in [5.41, 5.74) is 1.44. The molecule has 1 amide bonds. The van der Waals surface area contributed by atoms with Crippen LogP contribution >= 0.6 is 15.9 Å². The van der Waals surface area contributed by atoms with Crippen LogP contribution in [0.15, 0.2) is 40.9 Å². The van der Waals surface area contributed by atoms with Crippen molar-refractivity contribution in [3.05, 3.63) is 52.3 Å². The van der Waals surface area contributed by atoms with Crippen molar-refractivity contribution in [1.29, 1.82) is 0 Å². The van der Waals surface area contributed by atoms with Crippen LogP contribution in [0.1, 0.15) is 12.0 Å². The molecule has 27 heavy (non-hydrogen) atoms. The van der Waals surface area contributed by atoms with Crippen molar-refractivity contribution in [2.45, 2.75) is 13.0 Å². The maximum Gasteiger partial charge on any atom is 0.225 e. The number of amides is 1. The highest BCUT2D eigenvalue weighted by Gasteiger charge is 2.29. The normalized spacial score (nSPS) is 16.3. The van der Waals surface area contributed by atoms with E-state index < -0.39 is 0 Å². The number of ether oxygens (including phenoxy) is 2. The summed E-state index contributed by atoms with van der Waals surface area (Å²) in [5.74, 6) is 0.777. The lowest BCUT2D eigenvalue weighted by atomic mass is 10.1. The van der Waals surface area contributed by atoms with Gasteiger partial charge in [-0.1, -0.05) is 28.1 Å². The molecule has 0 spiro atoms. The summed E-state index contributed by atoms with van der Waals surface area (Å²) in [5, 5.41) is 2.97. The van der Waals surface area contributed by atoms with Gasteiger partial charge in [-0.3, -0.25) is 4.79 Å². The lowest BCUT2D eigenvalue weighted by Gasteiger charge is -2.19. The fourth-order valence-corrected chi connectivity index (χ4v) is 3.72. The molecule has 3 rings (SSSR count). The zero-order valence-electron chi connectivity index (χ0n) is 15.3. The van der Waals surface area contributed by atoms with Crippen LogP contribution in [0.2, 0.25) is 0 Å². The molecule has 144 valence electrons. The topological polar surface area (TPSA) is 50.8 Å². The van der Waals surface area contributed by atoms with Crippen LogP contribution in [0.5, 0.6) is 11.5 Å². The molecule has 1 atom stereocenters. The third-order valence-corrected chi connectivity index (χ3v) is 5.50. The largest absolute Gasteiger partial charge is 0.493 e. The summed E-state index contributed by atoms with van der Waals surface area (Å²) in [4.78, 5) is 14.5. The molecule has 2 aromatic carbocycles. The highest BCUT2D eigenvalue weighted by Crippen LogP contribution is 2.33. The second-order valence-electron chi connectivity index (χ2n) is 6.40. The quantitative estimate of drug-likeness (QED) is 0.748. The Kier molecular flexibility index (Phi) is 6.21. The van der Waals surface area contributed by atoms with Gasteiger partial charge in [-0.15, -0.1) is 0 Å². The Balaban J connectivity index is 1.61. The molecule has 0 aromatic heterocycles. The Labute approximate surface area is 166 Å². The van der Waals surface area contributed by atoms with Gasteiger partial charge in [0, 0.05) is 24.1 Å². The van der Waals surface area contributed by atoms with E-state index in [0.717, 1.165) is 10.0 Å². The van der Waals surface area contributed by atoms with Crippen LogP contribution < -0.4 is 19.7 Å². The molecular weight excluding hydrogens is 415 g/mol. The summed E-state index contributed by atoms with van der Waals surface area (Å²) >= 11 is 3.50. The SMILES string of the molecule is COc1cc(Br)c(CNC(=O)C2CCN(c3ccccc3F)C2)cc1OC. The number of carbonyl (C=O) groups excluding carboxylic acids is 1. The number of nitrogens with zero attached hydrogens (tertiary/aromatic N) is 1. The number of halogens is 2. The summed E-state index contributed by atoms with van der Waals surface area (Å²) < 4.78 is 25.4. The summed E-state index contributed by atoms with van der Waals surface area (Å²) in [6.45, 7) is 1.55. The molecule has 2 aromatic rings. The average molecular weight is 437 g/mol. The fourth-order valence-electron chi connectivity index (χ4n) is 3.26. The molecule has 5 nitrogen and oxygen atoms in total. The van der Waals surface area contributed by atoms with Crippen molar-refractivity contribution in [2.24, 2.45) is 5.92 Å². The lowest BCUT2D eigenvalue weighted by molar-refractivity contribution is -0.124. The van der Waals surface area contributed by atoms with E-state index >= 15 is 0 Å². The first-order chi connectivity index (χ1) is 13.0. The number of rotatable bonds is 6. The zero-order chi connectivity index (χ0) is 19.4. The highest BCUT2D eigenvalue weighted by molar-refractivity contribution is 9.10. The van der Waals surface area contributed by atoms with Crippen molar-refractivity contribution in [1.82, 2.24) is 5.32 Å². The van der Waals surface area contributed by atoms with E-state index in [1.807, 2.05) is 17.0 Å². The molecule has 0 aliphatic carbocycles. The molecule has 1 unspecified atom stereocenters. The molecule has 1 fully saturated rings. The molecule has 1 heterocycles. The van der Waals surface area contributed by atoms with E-state index in [1.54, 1.807) is 32.4 Å². The predicted octanol–water partition coefficient (Wildman–Crippen LogP) is 3.75. The molecule has 1 aliphatic heterocycles. The Morgan fingerprint density at radius 1 is 1.26 bits per heavy atom. The van der Waals surface area contributed by atoms with Crippen LogP contribution in [-0.2, 0) is 11.3 Å². The molecule has 0 saturated carbocycles. The average Bonchev–Trinajstić information content (AvgIpc) is 3.16. The third kappa shape index (κ3) is 4.35. The Bertz CT molecular complexity index is 831. The van der Waals surface area contributed by atoms with Gasteiger partial charge < -0.3 is 19.7 Å². The van der Waals surface area contributed by atoms with Crippen LogP contribution in [-0.4, -0.2) is 33.2 Å². The van der Waals surface area contributed by atoms with Crippen LogP contribution in [0.25, 0.3) is 0 Å². The van der Waals surface area contributed by atoms with Gasteiger partial charge in [-0.2, -0.15) is 0 Å². The molecular formula is C20H22BrFN2O3. The van der Waals surface area contributed by atoms with E-state index in [4.69, 9.17) is 9.47 Å². The monoisotopic (exact) mass is 436 g/mol. The standard InChI is InChI=1S/C20H22BrFN2O3/c1-26-18-9-14(15(21)10-19(18)27-2)11-23-20(25)13-7-8-24(12-13)17-6-4-3-5-16(17)22/h3-6,9-10,13H,7-8,11-12H2,1-2H3,(H,23,25). The smallest absolute Gasteiger partial charge is 0.225 e. The molecule has 0 bridgehead atoms. The number of methoxy groups -OCH3 is 2. The first kappa shape index (κ1) is 19.5. The number of anilines is 1. The number of nitrogens with one attached hydrogen (secondary N) is 1. The van der Waals surface area contributed by atoms with Crippen LogP contribution in [0.3, 0.4) is 0 Å².